The molecule has 0 aromatic carbocycles. The van der Waals surface area contributed by atoms with Gasteiger partial charge in [-0.2, -0.15) is 22.0 Å². The van der Waals surface area contributed by atoms with E-state index in [4.69, 9.17) is 0 Å². The van der Waals surface area contributed by atoms with Crippen LogP contribution in [-0.2, 0) is 9.47 Å². The van der Waals surface area contributed by atoms with Crippen LogP contribution in [0.25, 0.3) is 0 Å². The first-order valence-electron chi connectivity index (χ1n) is 3.03. The third kappa shape index (κ3) is 2.28. The molecule has 0 aromatic heterocycles. The fraction of sp³-hybridized carbons (Fsp3) is 1.00. The lowest BCUT2D eigenvalue weighted by Gasteiger charge is -2.18. The van der Waals surface area contributed by atoms with Crippen LogP contribution in [-0.4, -0.2) is 31.6 Å². The summed E-state index contributed by atoms with van der Waals surface area (Å²) in [7, 11) is 0. The maximum atomic E-state index is 11.9. The second-order valence-electron chi connectivity index (χ2n) is 2.28. The molecule has 1 heterocycles. The van der Waals surface area contributed by atoms with Gasteiger partial charge in [-0.05, 0) is 0 Å². The van der Waals surface area contributed by atoms with Crippen LogP contribution in [0.15, 0.2) is 0 Å². The average molecular weight is 192 g/mol. The summed E-state index contributed by atoms with van der Waals surface area (Å²) >= 11 is 0. The maximum Gasteiger partial charge on any atom is 0.482 e. The number of hydrogen-bond acceptors (Lipinski definition) is 2. The molecule has 0 aromatic rings. The summed E-state index contributed by atoms with van der Waals surface area (Å²) in [4.78, 5) is 0. The van der Waals surface area contributed by atoms with Crippen molar-refractivity contribution in [3.63, 3.8) is 0 Å². The molecule has 1 aliphatic rings. The second-order valence-corrected chi connectivity index (χ2v) is 2.28. The van der Waals surface area contributed by atoms with Crippen LogP contribution in [0, 0.1) is 0 Å². The molecular weight excluding hydrogens is 187 g/mol. The molecule has 1 rings (SSSR count). The van der Waals surface area contributed by atoms with Crippen molar-refractivity contribution in [1.82, 2.24) is 0 Å². The molecule has 2 nitrogen and oxygen atoms in total. The van der Waals surface area contributed by atoms with E-state index in [1.807, 2.05) is 0 Å². The van der Waals surface area contributed by atoms with Gasteiger partial charge in [0.25, 0.3) is 0 Å². The molecule has 1 fully saturated rings. The molecule has 12 heavy (non-hydrogen) atoms. The van der Waals surface area contributed by atoms with Crippen LogP contribution < -0.4 is 0 Å². The largest absolute Gasteiger partial charge is 0.482 e. The zero-order valence-corrected chi connectivity index (χ0v) is 5.70. The van der Waals surface area contributed by atoms with Crippen molar-refractivity contribution in [2.24, 2.45) is 0 Å². The molecule has 1 unspecified atom stereocenters. The van der Waals surface area contributed by atoms with E-state index in [1.165, 1.54) is 0 Å². The minimum atomic E-state index is -5.65. The van der Waals surface area contributed by atoms with Crippen molar-refractivity contribution in [2.75, 3.05) is 13.2 Å². The molecular formula is C5H5F5O2. The fourth-order valence-corrected chi connectivity index (χ4v) is 0.444. The van der Waals surface area contributed by atoms with Crippen molar-refractivity contribution < 1.29 is 31.4 Å². The van der Waals surface area contributed by atoms with E-state index in [0.717, 1.165) is 0 Å². The van der Waals surface area contributed by atoms with Gasteiger partial charge in [-0.15, -0.1) is 0 Å². The van der Waals surface area contributed by atoms with Crippen molar-refractivity contribution in [1.29, 1.82) is 0 Å². The summed E-state index contributed by atoms with van der Waals surface area (Å²) < 4.78 is 65.7. The highest BCUT2D eigenvalue weighted by molar-refractivity contribution is 4.71. The van der Waals surface area contributed by atoms with Gasteiger partial charge in [-0.25, -0.2) is 0 Å². The quantitative estimate of drug-likeness (QED) is 0.500. The van der Waals surface area contributed by atoms with Gasteiger partial charge in [0.05, 0.1) is 13.2 Å². The maximum absolute atomic E-state index is 11.9. The highest BCUT2D eigenvalue weighted by atomic mass is 19.4. The molecule has 0 radical (unpaired) electrons. The third-order valence-corrected chi connectivity index (χ3v) is 1.18. The van der Waals surface area contributed by atoms with Crippen molar-refractivity contribution in [2.45, 2.75) is 18.4 Å². The number of halogens is 5. The summed E-state index contributed by atoms with van der Waals surface area (Å²) in [6.07, 6.45) is -11.3. The van der Waals surface area contributed by atoms with Crippen LogP contribution >= 0.6 is 0 Å². The predicted octanol–water partition coefficient (Wildman–Crippen LogP) is 1.56. The minimum Gasteiger partial charge on any atom is -0.371 e. The topological polar surface area (TPSA) is 21.8 Å². The summed E-state index contributed by atoms with van der Waals surface area (Å²) in [5.74, 6) is 0. The summed E-state index contributed by atoms with van der Waals surface area (Å²) in [5, 5.41) is 0. The zero-order valence-electron chi connectivity index (χ0n) is 5.70. The van der Waals surface area contributed by atoms with Gasteiger partial charge < -0.3 is 9.47 Å². The first-order chi connectivity index (χ1) is 5.33. The van der Waals surface area contributed by atoms with Crippen LogP contribution in [0.3, 0.4) is 0 Å². The van der Waals surface area contributed by atoms with Gasteiger partial charge in [-0.1, -0.05) is 0 Å². The summed E-state index contributed by atoms with van der Waals surface area (Å²) in [6, 6.07) is 0. The van der Waals surface area contributed by atoms with Gasteiger partial charge in [0.2, 0.25) is 0 Å². The van der Waals surface area contributed by atoms with E-state index >= 15 is 0 Å². The van der Waals surface area contributed by atoms with Crippen molar-refractivity contribution >= 4 is 0 Å². The Morgan fingerprint density at radius 1 is 1.25 bits per heavy atom. The van der Waals surface area contributed by atoms with Gasteiger partial charge in [0.1, 0.15) is 6.10 Å². The van der Waals surface area contributed by atoms with Crippen LogP contribution in [0.1, 0.15) is 0 Å². The van der Waals surface area contributed by atoms with E-state index < -0.39 is 25.0 Å². The average Bonchev–Trinajstić information content (AvgIpc) is 2.62. The number of rotatable bonds is 3. The third-order valence-electron chi connectivity index (χ3n) is 1.18. The Kier molecular flexibility index (Phi) is 2.26. The smallest absolute Gasteiger partial charge is 0.371 e. The fourth-order valence-electron chi connectivity index (χ4n) is 0.444. The first kappa shape index (κ1) is 9.66. The predicted molar refractivity (Wildman–Crippen MR) is 26.7 cm³/mol. The highest BCUT2D eigenvalue weighted by Crippen LogP contribution is 2.36. The Balaban J connectivity index is 2.35. The summed E-state index contributed by atoms with van der Waals surface area (Å²) in [5.41, 5.74) is 0. The summed E-state index contributed by atoms with van der Waals surface area (Å²) in [6.45, 7) is -0.555. The SMILES string of the molecule is FC(F)(F)C(F)(F)OCC1CO1. The zero-order chi connectivity index (χ0) is 9.41. The second kappa shape index (κ2) is 2.81. The lowest BCUT2D eigenvalue weighted by atomic mass is 10.5. The van der Waals surface area contributed by atoms with Crippen molar-refractivity contribution in [3.8, 4) is 0 Å². The molecule has 0 spiro atoms. The molecule has 0 bridgehead atoms. The van der Waals surface area contributed by atoms with E-state index in [1.54, 1.807) is 0 Å². The molecule has 1 aliphatic heterocycles. The van der Waals surface area contributed by atoms with Crippen LogP contribution in [0.5, 0.6) is 0 Å². The molecule has 7 heteroatoms. The van der Waals surface area contributed by atoms with E-state index in [2.05, 4.69) is 9.47 Å². The van der Waals surface area contributed by atoms with Crippen LogP contribution in [0.4, 0.5) is 22.0 Å². The van der Waals surface area contributed by atoms with E-state index in [9.17, 15) is 22.0 Å². The van der Waals surface area contributed by atoms with Gasteiger partial charge in [-0.3, -0.25) is 0 Å². The van der Waals surface area contributed by atoms with Crippen molar-refractivity contribution in [3.05, 3.63) is 0 Å². The van der Waals surface area contributed by atoms with Crippen LogP contribution in [0.2, 0.25) is 0 Å². The van der Waals surface area contributed by atoms with Gasteiger partial charge in [0.15, 0.2) is 0 Å². The van der Waals surface area contributed by atoms with Gasteiger partial charge in [0, 0.05) is 0 Å². The lowest BCUT2D eigenvalue weighted by Crippen LogP contribution is -2.39. The Labute approximate surface area is 64.2 Å². The highest BCUT2D eigenvalue weighted by Gasteiger charge is 2.59. The van der Waals surface area contributed by atoms with Gasteiger partial charge >= 0.3 is 12.3 Å². The Hall–Kier alpha value is -0.430. The Morgan fingerprint density at radius 2 is 1.75 bits per heavy atom. The Morgan fingerprint density at radius 3 is 2.08 bits per heavy atom. The molecule has 72 valence electrons. The number of hydrogen-bond donors (Lipinski definition) is 0. The molecule has 0 amide bonds. The van der Waals surface area contributed by atoms with E-state index in [0.29, 0.717) is 0 Å². The van der Waals surface area contributed by atoms with E-state index in [-0.39, 0.29) is 6.61 Å². The molecule has 0 N–H and O–H groups in total. The number of alkyl halides is 5. The normalized spacial score (nSPS) is 24.2. The monoisotopic (exact) mass is 192 g/mol. The Bertz CT molecular complexity index is 162. The first-order valence-corrected chi connectivity index (χ1v) is 3.03. The molecule has 1 atom stereocenters. The number of ether oxygens (including phenoxy) is 2. The minimum absolute atomic E-state index is 0.175. The molecule has 0 saturated carbocycles. The molecule has 1 saturated heterocycles. The number of epoxide rings is 1. The standard InChI is InChI=1S/C5H5F5O2/c6-4(7,8)5(9,10)12-2-3-1-11-3/h3H,1-2H2. The lowest BCUT2D eigenvalue weighted by molar-refractivity contribution is -0.391. The molecule has 0 aliphatic carbocycles.